The molecule has 107 heavy (non-hydrogen) atoms. The number of pyridine rings is 6. The van der Waals surface area contributed by atoms with Crippen molar-refractivity contribution < 1.29 is 62.4 Å². The Hall–Kier alpha value is -8.70. The lowest BCUT2D eigenvalue weighted by Crippen LogP contribution is -2.43. The summed E-state index contributed by atoms with van der Waals surface area (Å²) in [6.07, 6.45) is 17.5. The standard InChI is InChI=1S/C20H20N6O2.C12H24B2O4.C10H13BN2O3.C10H11BrN2O.C10H9ClN4O.C7H6BrNO2.C3H7N/c1-13-16(19(27)26-8-3-9-26)10-15(12-23-13)14-4-6-21-18(11-14)24-17-5-7-22-20(25-17)28-2;1-9(2)10(3,4)16-13(15-9)14-17-11(5,6)12(7,8)18-14;1-7-9(10(14)13-3-2-4-13)5-8(6-12-7)11(15)16;1-7-9(5-8(11)6-12-7)10(14)13-3-2-4-13;1-16-10-13-5-3-8(15-10)14-9-6-7(11)2-4-12-9;1-4-6(7(10)11)2-5(8)3-9-4;1-2-4-3-1/h4-7,10-12H,3,8-9H2,1-2H3,(H,21,22,24,25);1-8H3;5-6,15-16H,2-4H2,1H3;5-6H,2-4H2,1H3;2-6H,1H3,(H,12,13,14,15);2-3H,1H3,(H,10,11);4H,1-3H2. The number of anilines is 4. The number of methoxy groups -OCH3 is 2. The molecule has 14 heterocycles. The van der Waals surface area contributed by atoms with E-state index < -0.39 is 27.1 Å². The van der Waals surface area contributed by atoms with Gasteiger partial charge in [0.05, 0.1) is 76.0 Å². The van der Waals surface area contributed by atoms with Crippen molar-refractivity contribution in [2.75, 3.05) is 77.2 Å². The third kappa shape index (κ3) is 23.2. The van der Waals surface area contributed by atoms with Crippen molar-refractivity contribution in [1.29, 1.82) is 0 Å². The minimum atomic E-state index is -1.59. The number of nitrogens with zero attached hydrogens (tertiary/aromatic N) is 13. The summed E-state index contributed by atoms with van der Waals surface area (Å²) in [4.78, 5) is 93.4. The van der Waals surface area contributed by atoms with Gasteiger partial charge in [0, 0.05) is 120 Å². The Bertz CT molecular complexity index is 4320. The van der Waals surface area contributed by atoms with Crippen LogP contribution in [0.1, 0.15) is 145 Å². The van der Waals surface area contributed by atoms with E-state index in [9.17, 15) is 19.2 Å². The number of rotatable bonds is 13. The van der Waals surface area contributed by atoms with E-state index in [2.05, 4.69) is 97.7 Å². The first kappa shape index (κ1) is 83.9. The third-order valence-electron chi connectivity index (χ3n) is 18.4. The lowest BCUT2D eigenvalue weighted by Gasteiger charge is -2.32. The van der Waals surface area contributed by atoms with Crippen molar-refractivity contribution in [2.45, 2.75) is 131 Å². The Balaban J connectivity index is 0.000000164. The van der Waals surface area contributed by atoms with Gasteiger partial charge in [0.2, 0.25) is 0 Å². The highest BCUT2D eigenvalue weighted by atomic mass is 79.9. The molecule has 0 aromatic carbocycles. The van der Waals surface area contributed by atoms with Gasteiger partial charge < -0.3 is 73.9 Å². The fourth-order valence-corrected chi connectivity index (χ4v) is 10.8. The van der Waals surface area contributed by atoms with Crippen molar-refractivity contribution >= 4 is 117 Å². The van der Waals surface area contributed by atoms with Crippen LogP contribution in [0.3, 0.4) is 0 Å². The normalized spacial score (nSPS) is 16.3. The first-order valence-corrected chi connectivity index (χ1v) is 36.6. The molecule has 8 aromatic heterocycles. The van der Waals surface area contributed by atoms with Gasteiger partial charge in [-0.1, -0.05) is 11.6 Å². The number of carbonyl (C=O) groups excluding carboxylic acids is 3. The Kier molecular flexibility index (Phi) is 29.7. The Morgan fingerprint density at radius 3 is 1.23 bits per heavy atom. The lowest BCUT2D eigenvalue weighted by atomic mass is 9.49. The molecular weight excluding hydrogens is 1520 g/mol. The summed E-state index contributed by atoms with van der Waals surface area (Å²) in [7, 11) is 0.487. The minimum absolute atomic E-state index is 0.0404. The Labute approximate surface area is 646 Å². The zero-order valence-corrected chi connectivity index (χ0v) is 66.4. The highest BCUT2D eigenvalue weighted by Gasteiger charge is 2.63. The van der Waals surface area contributed by atoms with E-state index in [1.165, 1.54) is 52.1 Å². The fourth-order valence-electron chi connectivity index (χ4n) is 9.94. The number of carboxylic acids is 1. The van der Waals surface area contributed by atoms with Crippen LogP contribution in [0.5, 0.6) is 12.0 Å². The van der Waals surface area contributed by atoms with Gasteiger partial charge in [-0.3, -0.25) is 34.3 Å². The number of aryl methyl sites for hydroxylation is 4. The van der Waals surface area contributed by atoms with Crippen LogP contribution < -0.4 is 30.9 Å². The number of ether oxygens (including phenoxy) is 2. The van der Waals surface area contributed by atoms with Gasteiger partial charge in [0.1, 0.15) is 23.3 Å². The Morgan fingerprint density at radius 1 is 0.495 bits per heavy atom. The van der Waals surface area contributed by atoms with Crippen LogP contribution in [0.4, 0.5) is 23.3 Å². The zero-order chi connectivity index (χ0) is 78.0. The average molecular weight is 1620 g/mol. The molecule has 566 valence electrons. The van der Waals surface area contributed by atoms with Crippen molar-refractivity contribution in [1.82, 2.24) is 69.9 Å². The van der Waals surface area contributed by atoms with E-state index in [0.29, 0.717) is 66.9 Å². The van der Waals surface area contributed by atoms with Crippen LogP contribution in [0.15, 0.2) is 119 Å². The average Bonchev–Trinajstić information content (AvgIpc) is 1.60. The number of nitrogens with one attached hydrogen (secondary N) is 3. The van der Waals surface area contributed by atoms with E-state index >= 15 is 0 Å². The molecule has 0 radical (unpaired) electrons. The molecule has 6 fully saturated rings. The van der Waals surface area contributed by atoms with Crippen LogP contribution in [0.2, 0.25) is 5.02 Å². The summed E-state index contributed by atoms with van der Waals surface area (Å²) in [5, 5.41) is 36.5. The maximum Gasteiger partial charge on any atom is 0.490 e. The van der Waals surface area contributed by atoms with Crippen LogP contribution in [0.25, 0.3) is 11.1 Å². The molecule has 0 saturated carbocycles. The highest BCUT2D eigenvalue weighted by molar-refractivity contribution is 9.10. The summed E-state index contributed by atoms with van der Waals surface area (Å²) < 4.78 is 35.3. The van der Waals surface area contributed by atoms with E-state index in [1.54, 1.807) is 86.4 Å². The van der Waals surface area contributed by atoms with E-state index in [4.69, 9.17) is 54.8 Å². The van der Waals surface area contributed by atoms with Crippen LogP contribution in [0, 0.1) is 27.7 Å². The van der Waals surface area contributed by atoms with Crippen LogP contribution in [-0.2, 0) is 18.6 Å². The second kappa shape index (κ2) is 37.9. The van der Waals surface area contributed by atoms with Gasteiger partial charge in [-0.2, -0.15) is 9.97 Å². The number of hydrogen-bond donors (Lipinski definition) is 6. The molecule has 3 amide bonds. The molecule has 0 atom stereocenters. The number of carboxylic acid groups (broad SMARTS) is 1. The van der Waals surface area contributed by atoms with Gasteiger partial charge in [-0.05, 0) is 220 Å². The molecule has 0 unspecified atom stereocenters. The van der Waals surface area contributed by atoms with Crippen LogP contribution in [-0.4, -0.2) is 214 Å². The number of likely N-dealkylation sites (tertiary alicyclic amines) is 3. The summed E-state index contributed by atoms with van der Waals surface area (Å²) in [5.41, 5.74) is 5.28. The predicted octanol–water partition coefficient (Wildman–Crippen LogP) is 10.1. The molecule has 0 bridgehead atoms. The second-order valence-electron chi connectivity index (χ2n) is 27.2. The first-order chi connectivity index (χ1) is 50.7. The maximum absolute atomic E-state index is 12.6. The monoisotopic (exact) mass is 1610 g/mol. The number of amides is 3. The summed E-state index contributed by atoms with van der Waals surface area (Å²) >= 11 is 12.3. The molecule has 6 aliphatic rings. The minimum Gasteiger partial charge on any atom is -0.478 e. The first-order valence-electron chi connectivity index (χ1n) is 34.6. The fraction of sp³-hybridized carbons (Fsp3) is 0.417. The van der Waals surface area contributed by atoms with Crippen molar-refractivity contribution in [3.05, 3.63) is 169 Å². The number of aromatic carboxylic acids is 1. The van der Waals surface area contributed by atoms with Crippen molar-refractivity contribution in [3.8, 4) is 23.1 Å². The SMILES string of the molecule is C1CNC1.CC1(C)OB(B2OC(C)(C)C(C)(C)O2)OC1(C)C.COc1nccc(Nc2cc(-c3cnc(C)c(C(=O)N4CCC4)c3)ccn2)n1.COc1nccc(Nc2cc(Cl)ccn2)n1.Cc1ncc(B(O)O)cc1C(=O)N1CCC1.Cc1ncc(Br)cc1C(=O)N1CCC1.Cc1ncc(Br)cc1C(=O)O. The maximum atomic E-state index is 12.6. The molecule has 6 N–H and O–H groups in total. The quantitative estimate of drug-likeness (QED) is 0.0584. The molecule has 0 spiro atoms. The number of halogens is 3. The number of hydrogen-bond acceptors (Lipinski definition) is 25. The molecular formula is C72H90B3Br2ClN16O13. The molecule has 35 heteroatoms. The van der Waals surface area contributed by atoms with Gasteiger partial charge in [-0.25, -0.2) is 24.7 Å². The number of aromatic nitrogens is 10. The van der Waals surface area contributed by atoms with Crippen LogP contribution >= 0.6 is 43.5 Å². The molecule has 6 saturated heterocycles. The topological polar surface area (TPSA) is 359 Å². The van der Waals surface area contributed by atoms with Gasteiger partial charge in [-0.15, -0.1) is 0 Å². The molecule has 0 aliphatic carbocycles. The van der Waals surface area contributed by atoms with Crippen molar-refractivity contribution in [3.63, 3.8) is 0 Å². The molecule has 14 rings (SSSR count). The third-order valence-corrected chi connectivity index (χ3v) is 19.5. The molecule has 8 aromatic rings. The molecule has 6 aliphatic heterocycles. The summed E-state index contributed by atoms with van der Waals surface area (Å²) in [6, 6.07) is 18.0. The van der Waals surface area contributed by atoms with Gasteiger partial charge in [0.15, 0.2) is 0 Å². The van der Waals surface area contributed by atoms with E-state index in [1.807, 2.05) is 103 Å². The Morgan fingerprint density at radius 2 is 0.860 bits per heavy atom. The summed E-state index contributed by atoms with van der Waals surface area (Å²) in [6.45, 7) is 30.8. The summed E-state index contributed by atoms with van der Waals surface area (Å²) in [5.74, 6) is 1.52. The second-order valence-corrected chi connectivity index (χ2v) is 29.5. The molecule has 29 nitrogen and oxygen atoms in total. The smallest absolute Gasteiger partial charge is 0.478 e. The highest BCUT2D eigenvalue weighted by Crippen LogP contribution is 2.43. The predicted molar refractivity (Wildman–Crippen MR) is 416 cm³/mol. The largest absolute Gasteiger partial charge is 0.490 e. The van der Waals surface area contributed by atoms with Crippen molar-refractivity contribution in [2.24, 2.45) is 0 Å². The van der Waals surface area contributed by atoms with E-state index in [0.717, 1.165) is 85.5 Å². The number of carbonyl (C=O) groups is 4. The lowest BCUT2D eigenvalue weighted by molar-refractivity contribution is 0.00578. The zero-order valence-electron chi connectivity index (χ0n) is 62.5. The van der Waals surface area contributed by atoms with E-state index in [-0.39, 0.29) is 57.2 Å². The van der Waals surface area contributed by atoms with Gasteiger partial charge in [0.25, 0.3) is 17.7 Å². The van der Waals surface area contributed by atoms with Gasteiger partial charge >= 0.3 is 39.1 Å².